The number of carbonyl (C=O) groups is 1. The minimum atomic E-state index is -3.79. The normalized spacial score (nSPS) is 19.3. The van der Waals surface area contributed by atoms with Crippen LogP contribution in [0.25, 0.3) is 0 Å². The lowest BCUT2D eigenvalue weighted by Crippen LogP contribution is -2.49. The van der Waals surface area contributed by atoms with Gasteiger partial charge < -0.3 is 4.90 Å². The van der Waals surface area contributed by atoms with Crippen molar-refractivity contribution in [1.82, 2.24) is 9.62 Å². The summed E-state index contributed by atoms with van der Waals surface area (Å²) < 4.78 is 40.1. The Morgan fingerprint density at radius 2 is 2.24 bits per heavy atom. The summed E-state index contributed by atoms with van der Waals surface area (Å²) in [6.07, 6.45) is 2.55. The van der Waals surface area contributed by atoms with E-state index in [0.717, 1.165) is 6.07 Å². The Morgan fingerprint density at radius 1 is 1.48 bits per heavy atom. The van der Waals surface area contributed by atoms with Crippen LogP contribution < -0.4 is 4.72 Å². The molecule has 0 aromatic heterocycles. The average molecular weight is 312 g/mol. The number of nitrogens with zero attached hydrogens (tertiary/aromatic N) is 1. The van der Waals surface area contributed by atoms with Gasteiger partial charge in [0.15, 0.2) is 0 Å². The van der Waals surface area contributed by atoms with Crippen molar-refractivity contribution in [2.45, 2.75) is 23.8 Å². The molecule has 1 atom stereocenters. The van der Waals surface area contributed by atoms with Crippen LogP contribution >= 0.6 is 0 Å². The lowest BCUT2D eigenvalue weighted by atomic mass is 10.1. The lowest BCUT2D eigenvalue weighted by Gasteiger charge is -2.32. The zero-order chi connectivity index (χ0) is 15.5. The summed E-state index contributed by atoms with van der Waals surface area (Å²) in [7, 11) is -3.79. The smallest absolute Gasteiger partial charge is 0.246 e. The zero-order valence-electron chi connectivity index (χ0n) is 11.5. The molecule has 7 heteroatoms. The number of nitrogens with one attached hydrogen (secondary N) is 1. The van der Waals surface area contributed by atoms with Gasteiger partial charge in [-0.05, 0) is 37.1 Å². The van der Waals surface area contributed by atoms with E-state index in [2.05, 4.69) is 11.3 Å². The predicted molar refractivity (Wildman–Crippen MR) is 76.5 cm³/mol. The molecule has 1 amide bonds. The fourth-order valence-corrected chi connectivity index (χ4v) is 3.62. The van der Waals surface area contributed by atoms with Gasteiger partial charge in [0, 0.05) is 19.1 Å². The molecule has 1 aromatic carbocycles. The van der Waals surface area contributed by atoms with E-state index in [9.17, 15) is 17.6 Å². The van der Waals surface area contributed by atoms with Crippen LogP contribution in [0.3, 0.4) is 0 Å². The second-order valence-corrected chi connectivity index (χ2v) is 6.62. The summed E-state index contributed by atoms with van der Waals surface area (Å²) in [5.74, 6) is -0.824. The standard InChI is InChI=1S/C14H17FN2O3S/c1-2-14(18)17-8-4-6-12(10-17)16-21(19,20)13-7-3-5-11(15)9-13/h2-3,5,7,9,12,16H,1,4,6,8,10H2/t12-/m0/s1. The summed E-state index contributed by atoms with van der Waals surface area (Å²) in [6.45, 7) is 4.30. The summed E-state index contributed by atoms with van der Waals surface area (Å²) in [5, 5.41) is 0. The molecule has 1 fully saturated rings. The second-order valence-electron chi connectivity index (χ2n) is 4.91. The van der Waals surface area contributed by atoms with Gasteiger partial charge in [-0.15, -0.1) is 0 Å². The van der Waals surface area contributed by atoms with Crippen molar-refractivity contribution in [3.63, 3.8) is 0 Å². The molecule has 2 rings (SSSR count). The van der Waals surface area contributed by atoms with Crippen molar-refractivity contribution in [3.8, 4) is 0 Å². The van der Waals surface area contributed by atoms with Gasteiger partial charge in [0.2, 0.25) is 15.9 Å². The summed E-state index contributed by atoms with van der Waals surface area (Å²) >= 11 is 0. The van der Waals surface area contributed by atoms with E-state index in [1.165, 1.54) is 24.3 Å². The van der Waals surface area contributed by atoms with Gasteiger partial charge in [-0.3, -0.25) is 4.79 Å². The molecule has 0 spiro atoms. The highest BCUT2D eigenvalue weighted by molar-refractivity contribution is 7.89. The molecule has 21 heavy (non-hydrogen) atoms. The first-order chi connectivity index (χ1) is 9.92. The van der Waals surface area contributed by atoms with Crippen molar-refractivity contribution in [2.75, 3.05) is 13.1 Å². The summed E-state index contributed by atoms with van der Waals surface area (Å²) in [4.78, 5) is 13.0. The molecule has 0 unspecified atom stereocenters. The van der Waals surface area contributed by atoms with E-state index < -0.39 is 15.8 Å². The van der Waals surface area contributed by atoms with Crippen molar-refractivity contribution in [1.29, 1.82) is 0 Å². The monoisotopic (exact) mass is 312 g/mol. The Morgan fingerprint density at radius 3 is 2.90 bits per heavy atom. The zero-order valence-corrected chi connectivity index (χ0v) is 12.3. The predicted octanol–water partition coefficient (Wildman–Crippen LogP) is 1.28. The molecule has 1 aliphatic heterocycles. The van der Waals surface area contributed by atoms with E-state index in [1.54, 1.807) is 4.90 Å². The molecule has 1 aromatic rings. The number of hydrogen-bond acceptors (Lipinski definition) is 3. The molecule has 114 valence electrons. The van der Waals surface area contributed by atoms with Gasteiger partial charge in [-0.2, -0.15) is 0 Å². The van der Waals surface area contributed by atoms with Crippen LogP contribution in [0.2, 0.25) is 0 Å². The van der Waals surface area contributed by atoms with Crippen LogP contribution in [0, 0.1) is 5.82 Å². The molecule has 1 heterocycles. The molecule has 0 radical (unpaired) electrons. The number of carbonyl (C=O) groups excluding carboxylic acids is 1. The van der Waals surface area contributed by atoms with Crippen molar-refractivity contribution in [3.05, 3.63) is 42.7 Å². The molecule has 0 bridgehead atoms. The minimum absolute atomic E-state index is 0.116. The number of amides is 1. The van der Waals surface area contributed by atoms with Crippen LogP contribution in [0.5, 0.6) is 0 Å². The highest BCUT2D eigenvalue weighted by atomic mass is 32.2. The number of benzene rings is 1. The van der Waals surface area contributed by atoms with Crippen molar-refractivity contribution in [2.24, 2.45) is 0 Å². The van der Waals surface area contributed by atoms with Gasteiger partial charge in [-0.1, -0.05) is 12.6 Å². The molecule has 5 nitrogen and oxygen atoms in total. The maximum atomic E-state index is 13.1. The van der Waals surface area contributed by atoms with E-state index in [-0.39, 0.29) is 16.8 Å². The third-order valence-corrected chi connectivity index (χ3v) is 4.85. The first kappa shape index (κ1) is 15.7. The Bertz CT molecular complexity index is 645. The van der Waals surface area contributed by atoms with Gasteiger partial charge >= 0.3 is 0 Å². The van der Waals surface area contributed by atoms with E-state index >= 15 is 0 Å². The Balaban J connectivity index is 2.10. The Labute approximate surface area is 123 Å². The summed E-state index contributed by atoms with van der Waals surface area (Å²) in [5.41, 5.74) is 0. The third-order valence-electron chi connectivity index (χ3n) is 3.34. The minimum Gasteiger partial charge on any atom is -0.338 e. The van der Waals surface area contributed by atoms with Gasteiger partial charge in [0.25, 0.3) is 0 Å². The van der Waals surface area contributed by atoms with Crippen molar-refractivity contribution >= 4 is 15.9 Å². The number of rotatable bonds is 4. The van der Waals surface area contributed by atoms with Crippen LogP contribution in [-0.2, 0) is 14.8 Å². The first-order valence-corrected chi connectivity index (χ1v) is 8.10. The number of hydrogen-bond donors (Lipinski definition) is 1. The quantitative estimate of drug-likeness (QED) is 0.852. The number of sulfonamides is 1. The SMILES string of the molecule is C=CC(=O)N1CCC[C@H](NS(=O)(=O)c2cccc(F)c2)C1. The molecule has 1 N–H and O–H groups in total. The van der Waals surface area contributed by atoms with Gasteiger partial charge in [0.05, 0.1) is 4.90 Å². The third kappa shape index (κ3) is 3.89. The maximum Gasteiger partial charge on any atom is 0.246 e. The molecule has 0 saturated carbocycles. The van der Waals surface area contributed by atoms with E-state index in [0.29, 0.717) is 25.9 Å². The van der Waals surface area contributed by atoms with Crippen LogP contribution in [0.1, 0.15) is 12.8 Å². The Kier molecular flexibility index (Phi) is 4.74. The van der Waals surface area contributed by atoms with Crippen LogP contribution in [0.4, 0.5) is 4.39 Å². The van der Waals surface area contributed by atoms with E-state index in [4.69, 9.17) is 0 Å². The molecule has 0 aliphatic carbocycles. The summed E-state index contributed by atoms with van der Waals surface area (Å²) in [6, 6.07) is 4.46. The lowest BCUT2D eigenvalue weighted by molar-refractivity contribution is -0.127. The van der Waals surface area contributed by atoms with Crippen LogP contribution in [0.15, 0.2) is 41.8 Å². The fraction of sp³-hybridized carbons (Fsp3) is 0.357. The van der Waals surface area contributed by atoms with Crippen molar-refractivity contribution < 1.29 is 17.6 Å². The number of likely N-dealkylation sites (tertiary alicyclic amines) is 1. The first-order valence-electron chi connectivity index (χ1n) is 6.61. The maximum absolute atomic E-state index is 13.1. The molecular formula is C14H17FN2O3S. The Hall–Kier alpha value is -1.73. The highest BCUT2D eigenvalue weighted by Gasteiger charge is 2.26. The molecule has 1 saturated heterocycles. The highest BCUT2D eigenvalue weighted by Crippen LogP contribution is 2.15. The fourth-order valence-electron chi connectivity index (χ4n) is 2.32. The topological polar surface area (TPSA) is 66.5 Å². The molecule has 1 aliphatic rings. The molecular weight excluding hydrogens is 295 g/mol. The second kappa shape index (κ2) is 6.36. The average Bonchev–Trinajstić information content (AvgIpc) is 2.46. The number of piperidine rings is 1. The van der Waals surface area contributed by atoms with Gasteiger partial charge in [-0.25, -0.2) is 17.5 Å². The van der Waals surface area contributed by atoms with Crippen LogP contribution in [-0.4, -0.2) is 38.4 Å². The van der Waals surface area contributed by atoms with E-state index in [1.807, 2.05) is 0 Å². The van der Waals surface area contributed by atoms with Gasteiger partial charge in [0.1, 0.15) is 5.82 Å². The number of halogens is 1. The largest absolute Gasteiger partial charge is 0.338 e.